The number of aliphatic hydroxyl groups excluding tert-OH is 1. The molecule has 1 saturated heterocycles. The third kappa shape index (κ3) is 8.00. The lowest BCUT2D eigenvalue weighted by atomic mass is 9.97. The number of carbonyl (C=O) groups excluding carboxylic acids is 3. The van der Waals surface area contributed by atoms with E-state index in [0.717, 1.165) is 37.7 Å². The zero-order valence-corrected chi connectivity index (χ0v) is 19.3. The number of nitrogens with one attached hydrogen (secondary N) is 1. The van der Waals surface area contributed by atoms with E-state index in [2.05, 4.69) is 5.32 Å². The quantitative estimate of drug-likeness (QED) is 0.525. The summed E-state index contributed by atoms with van der Waals surface area (Å²) in [5.74, 6) is -1.06. The lowest BCUT2D eigenvalue weighted by molar-refractivity contribution is -0.145. The van der Waals surface area contributed by atoms with Crippen LogP contribution in [0, 0.1) is 5.92 Å². The first-order valence-electron chi connectivity index (χ1n) is 12.1. The minimum absolute atomic E-state index is 0.0486. The number of hydrogen-bond donors (Lipinski definition) is 2. The number of ether oxygens (including phenoxy) is 1. The lowest BCUT2D eigenvalue weighted by Crippen LogP contribution is -2.45. The van der Waals surface area contributed by atoms with E-state index in [-0.39, 0.29) is 49.5 Å². The van der Waals surface area contributed by atoms with E-state index < -0.39 is 5.92 Å². The summed E-state index contributed by atoms with van der Waals surface area (Å²) in [4.78, 5) is 40.1. The monoisotopic (exact) mass is 456 g/mol. The van der Waals surface area contributed by atoms with Crippen molar-refractivity contribution in [1.29, 1.82) is 0 Å². The number of hydrogen-bond acceptors (Lipinski definition) is 5. The molecule has 0 spiro atoms. The average Bonchev–Trinajstić information content (AvgIpc) is 3.30. The maximum absolute atomic E-state index is 13.3. The SMILES string of the molecule is O=C1CCCCC=CC[C@H](CC(=O)N2CCC[C@H]2CO)C(=O)N[C@@H](Cc2ccccc2)CO1. The fourth-order valence-corrected chi connectivity index (χ4v) is 4.51. The van der Waals surface area contributed by atoms with Gasteiger partial charge < -0.3 is 20.1 Å². The normalized spacial score (nSPS) is 25.2. The molecular weight excluding hydrogens is 420 g/mol. The first-order chi connectivity index (χ1) is 16.1. The summed E-state index contributed by atoms with van der Waals surface area (Å²) in [7, 11) is 0. The van der Waals surface area contributed by atoms with Gasteiger partial charge in [-0.1, -0.05) is 42.5 Å². The molecule has 2 heterocycles. The molecule has 33 heavy (non-hydrogen) atoms. The molecule has 0 bridgehead atoms. The highest BCUT2D eigenvalue weighted by Crippen LogP contribution is 2.21. The first kappa shape index (κ1) is 25.0. The third-order valence-corrected chi connectivity index (χ3v) is 6.41. The standard InChI is InChI=1S/C26H36N2O5/c29-18-23-13-9-15-28(23)24(30)17-21-12-7-2-1-3-8-14-25(31)33-19-22(27-26(21)32)16-20-10-5-4-6-11-20/h2,4-7,10-11,21-23,29H,1,3,8-9,12-19H2,(H,27,32)/t21-,22+,23+/m1/s1. The van der Waals surface area contributed by atoms with Crippen LogP contribution in [0.15, 0.2) is 42.5 Å². The maximum atomic E-state index is 13.3. The largest absolute Gasteiger partial charge is 0.463 e. The van der Waals surface area contributed by atoms with Gasteiger partial charge in [-0.3, -0.25) is 14.4 Å². The minimum atomic E-state index is -0.509. The molecule has 1 aromatic rings. The average molecular weight is 457 g/mol. The number of esters is 1. The molecule has 0 unspecified atom stereocenters. The van der Waals surface area contributed by atoms with E-state index in [0.29, 0.717) is 25.8 Å². The number of aliphatic hydroxyl groups is 1. The molecule has 0 radical (unpaired) electrons. The van der Waals surface area contributed by atoms with Gasteiger partial charge in [0.2, 0.25) is 11.8 Å². The van der Waals surface area contributed by atoms with Crippen molar-refractivity contribution < 1.29 is 24.2 Å². The Morgan fingerprint density at radius 3 is 2.73 bits per heavy atom. The molecule has 2 amide bonds. The summed E-state index contributed by atoms with van der Waals surface area (Å²) in [5.41, 5.74) is 1.04. The molecule has 3 atom stereocenters. The summed E-state index contributed by atoms with van der Waals surface area (Å²) in [6, 6.07) is 9.24. The molecule has 0 aromatic heterocycles. The number of benzene rings is 1. The van der Waals surface area contributed by atoms with Crippen LogP contribution < -0.4 is 5.32 Å². The van der Waals surface area contributed by atoms with Crippen molar-refractivity contribution in [3.63, 3.8) is 0 Å². The van der Waals surface area contributed by atoms with Crippen molar-refractivity contribution in [1.82, 2.24) is 10.2 Å². The van der Waals surface area contributed by atoms with Crippen LogP contribution in [-0.2, 0) is 25.5 Å². The Bertz CT molecular complexity index is 810. The van der Waals surface area contributed by atoms with E-state index in [1.807, 2.05) is 42.5 Å². The number of allylic oxidation sites excluding steroid dienone is 2. The van der Waals surface area contributed by atoms with Gasteiger partial charge in [0, 0.05) is 19.4 Å². The smallest absolute Gasteiger partial charge is 0.305 e. The van der Waals surface area contributed by atoms with Crippen molar-refractivity contribution in [3.05, 3.63) is 48.0 Å². The molecule has 7 heteroatoms. The van der Waals surface area contributed by atoms with Gasteiger partial charge in [-0.25, -0.2) is 0 Å². The number of cyclic esters (lactones) is 1. The van der Waals surface area contributed by atoms with Crippen molar-refractivity contribution in [2.75, 3.05) is 19.8 Å². The van der Waals surface area contributed by atoms with Gasteiger partial charge in [-0.05, 0) is 50.5 Å². The molecule has 2 N–H and O–H groups in total. The molecule has 0 saturated carbocycles. The fourth-order valence-electron chi connectivity index (χ4n) is 4.51. The topological polar surface area (TPSA) is 95.9 Å². The lowest BCUT2D eigenvalue weighted by Gasteiger charge is -2.26. The Labute approximate surface area is 196 Å². The second kappa shape index (κ2) is 13.1. The van der Waals surface area contributed by atoms with Crippen molar-refractivity contribution in [2.24, 2.45) is 5.92 Å². The Kier molecular flexibility index (Phi) is 9.94. The van der Waals surface area contributed by atoms with Gasteiger partial charge in [0.25, 0.3) is 0 Å². The number of amides is 2. The second-order valence-corrected chi connectivity index (χ2v) is 9.00. The van der Waals surface area contributed by atoms with Gasteiger partial charge in [0.05, 0.1) is 24.6 Å². The predicted octanol–water partition coefficient (Wildman–Crippen LogP) is 2.77. The summed E-state index contributed by atoms with van der Waals surface area (Å²) < 4.78 is 5.47. The van der Waals surface area contributed by atoms with Gasteiger partial charge in [0.1, 0.15) is 6.61 Å². The van der Waals surface area contributed by atoms with Crippen LogP contribution in [0.25, 0.3) is 0 Å². The van der Waals surface area contributed by atoms with E-state index in [4.69, 9.17) is 4.74 Å². The van der Waals surface area contributed by atoms with Crippen LogP contribution in [0.5, 0.6) is 0 Å². The summed E-state index contributed by atoms with van der Waals surface area (Å²) in [5, 5.41) is 12.6. The Morgan fingerprint density at radius 2 is 1.94 bits per heavy atom. The second-order valence-electron chi connectivity index (χ2n) is 9.00. The van der Waals surface area contributed by atoms with Crippen LogP contribution in [0.4, 0.5) is 0 Å². The molecule has 1 fully saturated rings. The first-order valence-corrected chi connectivity index (χ1v) is 12.1. The molecule has 180 valence electrons. The molecule has 2 aliphatic rings. The summed E-state index contributed by atoms with van der Waals surface area (Å²) in [6.07, 6.45) is 9.62. The van der Waals surface area contributed by atoms with Crippen molar-refractivity contribution >= 4 is 17.8 Å². The van der Waals surface area contributed by atoms with Crippen LogP contribution in [0.2, 0.25) is 0 Å². The van der Waals surface area contributed by atoms with E-state index in [1.165, 1.54) is 0 Å². The van der Waals surface area contributed by atoms with E-state index in [9.17, 15) is 19.5 Å². The number of carbonyl (C=O) groups is 3. The predicted molar refractivity (Wildman–Crippen MR) is 125 cm³/mol. The van der Waals surface area contributed by atoms with Gasteiger partial charge in [-0.15, -0.1) is 0 Å². The molecule has 0 aliphatic carbocycles. The molecule has 2 aliphatic heterocycles. The van der Waals surface area contributed by atoms with Crippen LogP contribution in [-0.4, -0.2) is 59.6 Å². The van der Waals surface area contributed by atoms with Crippen LogP contribution in [0.1, 0.15) is 56.9 Å². The zero-order valence-electron chi connectivity index (χ0n) is 19.3. The highest BCUT2D eigenvalue weighted by molar-refractivity contribution is 5.86. The maximum Gasteiger partial charge on any atom is 0.305 e. The molecule has 7 nitrogen and oxygen atoms in total. The van der Waals surface area contributed by atoms with Gasteiger partial charge >= 0.3 is 5.97 Å². The number of rotatable bonds is 5. The zero-order chi connectivity index (χ0) is 23.5. The van der Waals surface area contributed by atoms with Gasteiger partial charge in [-0.2, -0.15) is 0 Å². The van der Waals surface area contributed by atoms with E-state index in [1.54, 1.807) is 4.90 Å². The van der Waals surface area contributed by atoms with Crippen molar-refractivity contribution in [2.45, 2.75) is 69.9 Å². The van der Waals surface area contributed by atoms with Crippen LogP contribution >= 0.6 is 0 Å². The molecule has 3 rings (SSSR count). The van der Waals surface area contributed by atoms with Crippen molar-refractivity contribution in [3.8, 4) is 0 Å². The molecular formula is C26H36N2O5. The molecule has 1 aromatic carbocycles. The fraction of sp³-hybridized carbons (Fsp3) is 0.577. The Hall–Kier alpha value is -2.67. The highest BCUT2D eigenvalue weighted by atomic mass is 16.5. The van der Waals surface area contributed by atoms with E-state index >= 15 is 0 Å². The summed E-state index contributed by atoms with van der Waals surface area (Å²) in [6.45, 7) is 0.683. The number of nitrogens with zero attached hydrogens (tertiary/aromatic N) is 1. The van der Waals surface area contributed by atoms with Crippen LogP contribution in [0.3, 0.4) is 0 Å². The summed E-state index contributed by atoms with van der Waals surface area (Å²) >= 11 is 0. The minimum Gasteiger partial charge on any atom is -0.463 e. The third-order valence-electron chi connectivity index (χ3n) is 6.41. The Morgan fingerprint density at radius 1 is 1.12 bits per heavy atom. The Balaban J connectivity index is 1.72. The highest BCUT2D eigenvalue weighted by Gasteiger charge is 2.31. The van der Waals surface area contributed by atoms with Gasteiger partial charge in [0.15, 0.2) is 0 Å². The number of likely N-dealkylation sites (tertiary alicyclic amines) is 1.